The number of carboxylic acids is 1. The predicted molar refractivity (Wildman–Crippen MR) is 185 cm³/mol. The van der Waals surface area contributed by atoms with Crippen molar-refractivity contribution in [3.8, 4) is 0 Å². The third kappa shape index (κ3) is 17.9. The molecule has 0 aromatic heterocycles. The number of hydrogen-bond donors (Lipinski definition) is 1. The molecular weight excluding hydrogens is 532 g/mol. The predicted octanol–water partition coefficient (Wildman–Crippen LogP) is 12.4. The van der Waals surface area contributed by atoms with Crippen LogP contribution in [0.4, 0.5) is 0 Å². The average Bonchev–Trinajstić information content (AvgIpc) is 2.97. The van der Waals surface area contributed by atoms with Crippen LogP contribution < -0.4 is 0 Å². The maximum absolute atomic E-state index is 14.4. The minimum absolute atomic E-state index is 0.106. The highest BCUT2D eigenvalue weighted by molar-refractivity contribution is 5.77. The van der Waals surface area contributed by atoms with Gasteiger partial charge >= 0.3 is 11.9 Å². The van der Waals surface area contributed by atoms with Crippen molar-refractivity contribution in [1.29, 1.82) is 0 Å². The quantitative estimate of drug-likeness (QED) is 0.0650. The number of carbonyl (C=O) groups is 2. The molecule has 43 heavy (non-hydrogen) atoms. The van der Waals surface area contributed by atoms with Gasteiger partial charge in [0.2, 0.25) is 0 Å². The number of aliphatic carboxylic acids is 1. The van der Waals surface area contributed by atoms with Gasteiger partial charge in [0, 0.05) is 6.42 Å². The van der Waals surface area contributed by atoms with Gasteiger partial charge in [-0.3, -0.25) is 9.59 Å². The third-order valence-electron chi connectivity index (χ3n) is 10.4. The van der Waals surface area contributed by atoms with E-state index in [2.05, 4.69) is 55.4 Å². The van der Waals surface area contributed by atoms with Crippen molar-refractivity contribution < 1.29 is 19.4 Å². The lowest BCUT2D eigenvalue weighted by Gasteiger charge is -2.46. The molecule has 0 heterocycles. The molecule has 0 bridgehead atoms. The van der Waals surface area contributed by atoms with Gasteiger partial charge in [0.25, 0.3) is 0 Å². The summed E-state index contributed by atoms with van der Waals surface area (Å²) in [5.41, 5.74) is -0.407. The van der Waals surface area contributed by atoms with Crippen LogP contribution in [-0.2, 0) is 14.3 Å². The number of carboxylic acid groups (broad SMARTS) is 1. The topological polar surface area (TPSA) is 63.6 Å². The third-order valence-corrected chi connectivity index (χ3v) is 10.4. The van der Waals surface area contributed by atoms with E-state index in [0.717, 1.165) is 44.9 Å². The minimum Gasteiger partial charge on any atom is -0.481 e. The van der Waals surface area contributed by atoms with E-state index in [0.29, 0.717) is 36.7 Å². The van der Waals surface area contributed by atoms with Gasteiger partial charge in [-0.05, 0) is 55.3 Å². The first-order valence-electron chi connectivity index (χ1n) is 19.0. The smallest absolute Gasteiger partial charge is 0.312 e. The molecule has 4 heteroatoms. The summed E-state index contributed by atoms with van der Waals surface area (Å²) in [6.07, 6.45) is 25.0. The lowest BCUT2D eigenvalue weighted by atomic mass is 9.58. The van der Waals surface area contributed by atoms with Crippen LogP contribution in [0.3, 0.4) is 0 Å². The lowest BCUT2D eigenvalue weighted by Crippen LogP contribution is -2.48. The van der Waals surface area contributed by atoms with E-state index in [1.54, 1.807) is 0 Å². The summed E-state index contributed by atoms with van der Waals surface area (Å²) in [7, 11) is 0. The minimum atomic E-state index is -0.672. The number of rotatable bonds is 30. The Hall–Kier alpha value is -1.06. The van der Waals surface area contributed by atoms with Gasteiger partial charge in [0.15, 0.2) is 0 Å². The second-order valence-electron chi connectivity index (χ2n) is 14.5. The molecule has 0 aliphatic heterocycles. The Kier molecular flexibility index (Phi) is 25.5. The van der Waals surface area contributed by atoms with Crippen molar-refractivity contribution in [2.75, 3.05) is 6.61 Å². The molecule has 0 radical (unpaired) electrons. The van der Waals surface area contributed by atoms with Crippen LogP contribution in [0.25, 0.3) is 0 Å². The number of ether oxygens (including phenoxy) is 1. The molecule has 256 valence electrons. The molecule has 4 nitrogen and oxygen atoms in total. The fraction of sp³-hybridized carbons (Fsp3) is 0.949. The molecule has 0 aromatic rings. The first kappa shape index (κ1) is 41.9. The Bertz CT molecular complexity index is 672. The second kappa shape index (κ2) is 26.2. The zero-order valence-electron chi connectivity index (χ0n) is 30.3. The molecular formula is C39H76O4. The molecule has 0 amide bonds. The van der Waals surface area contributed by atoms with Gasteiger partial charge < -0.3 is 9.84 Å². The highest BCUT2D eigenvalue weighted by atomic mass is 16.5. The van der Waals surface area contributed by atoms with E-state index in [4.69, 9.17) is 9.84 Å². The monoisotopic (exact) mass is 609 g/mol. The van der Waals surface area contributed by atoms with Crippen LogP contribution >= 0.6 is 0 Å². The highest BCUT2D eigenvalue weighted by Gasteiger charge is 2.51. The molecule has 0 aromatic carbocycles. The van der Waals surface area contributed by atoms with Crippen molar-refractivity contribution in [3.05, 3.63) is 0 Å². The molecule has 0 spiro atoms. The van der Waals surface area contributed by atoms with Gasteiger partial charge in [-0.2, -0.15) is 0 Å². The van der Waals surface area contributed by atoms with Crippen LogP contribution in [0.5, 0.6) is 0 Å². The summed E-state index contributed by atoms with van der Waals surface area (Å²) in [5, 5.41) is 8.74. The fourth-order valence-corrected chi connectivity index (χ4v) is 7.35. The van der Waals surface area contributed by atoms with E-state index in [9.17, 15) is 9.59 Å². The molecule has 0 saturated carbocycles. The van der Waals surface area contributed by atoms with Crippen LogP contribution in [0.15, 0.2) is 0 Å². The number of carbonyl (C=O) groups excluding carboxylic acids is 1. The zero-order valence-corrected chi connectivity index (χ0v) is 30.3. The van der Waals surface area contributed by atoms with Crippen molar-refractivity contribution in [1.82, 2.24) is 0 Å². The Morgan fingerprint density at radius 2 is 1.09 bits per heavy atom. The van der Waals surface area contributed by atoms with Crippen molar-refractivity contribution in [3.63, 3.8) is 0 Å². The Morgan fingerprint density at radius 3 is 1.51 bits per heavy atom. The molecule has 0 saturated heterocycles. The number of unbranched alkanes of at least 4 members (excludes halogenated alkanes) is 12. The van der Waals surface area contributed by atoms with Crippen molar-refractivity contribution in [2.24, 2.45) is 35.0 Å². The summed E-state index contributed by atoms with van der Waals surface area (Å²) in [5.74, 6) is 1.57. The zero-order chi connectivity index (χ0) is 32.5. The summed E-state index contributed by atoms with van der Waals surface area (Å²) >= 11 is 0. The van der Waals surface area contributed by atoms with Gasteiger partial charge in [-0.1, -0.05) is 165 Å². The second-order valence-corrected chi connectivity index (χ2v) is 14.5. The van der Waals surface area contributed by atoms with Crippen LogP contribution in [0.1, 0.15) is 197 Å². The molecule has 0 aliphatic rings. The molecule has 4 atom stereocenters. The summed E-state index contributed by atoms with van der Waals surface area (Å²) in [6, 6.07) is 0. The van der Waals surface area contributed by atoms with Gasteiger partial charge in [0.1, 0.15) is 0 Å². The first-order valence-corrected chi connectivity index (χ1v) is 19.0. The van der Waals surface area contributed by atoms with Gasteiger partial charge in [-0.25, -0.2) is 0 Å². The van der Waals surface area contributed by atoms with E-state index < -0.39 is 11.4 Å². The van der Waals surface area contributed by atoms with E-state index in [1.165, 1.54) is 89.9 Å². The maximum Gasteiger partial charge on any atom is 0.312 e. The summed E-state index contributed by atoms with van der Waals surface area (Å²) in [4.78, 5) is 25.0. The Balaban J connectivity index is 5.25. The van der Waals surface area contributed by atoms with Gasteiger partial charge in [0.05, 0.1) is 12.0 Å². The van der Waals surface area contributed by atoms with Gasteiger partial charge in [-0.15, -0.1) is 0 Å². The summed E-state index contributed by atoms with van der Waals surface area (Å²) < 4.78 is 6.36. The van der Waals surface area contributed by atoms with E-state index in [-0.39, 0.29) is 11.9 Å². The molecule has 0 fully saturated rings. The largest absolute Gasteiger partial charge is 0.481 e. The van der Waals surface area contributed by atoms with Crippen molar-refractivity contribution >= 4 is 11.9 Å². The lowest BCUT2D eigenvalue weighted by molar-refractivity contribution is -0.170. The normalized spacial score (nSPS) is 15.4. The first-order chi connectivity index (χ1) is 20.6. The maximum atomic E-state index is 14.4. The standard InChI is InChI=1S/C39H76O4/c1-9-13-26-34(11-3)30-39(33(7)8,38(42)43-31-35(12-4)27-14-10-2)36(32(5)6)28-24-22-20-18-16-15-17-19-21-23-25-29-37(40)41/h32-36H,9-31H2,1-8H3,(H,40,41). The summed E-state index contributed by atoms with van der Waals surface area (Å²) in [6.45, 7) is 18.9. The fourth-order valence-electron chi connectivity index (χ4n) is 7.35. The Morgan fingerprint density at radius 1 is 0.628 bits per heavy atom. The SMILES string of the molecule is CCCCC(CC)COC(=O)C(CC(CC)CCCC)(C(C)C)C(CCCCCCCCCCCCCC(=O)O)C(C)C. The van der Waals surface area contributed by atoms with E-state index >= 15 is 0 Å². The molecule has 1 N–H and O–H groups in total. The Labute approximate surface area is 269 Å². The van der Waals surface area contributed by atoms with Crippen LogP contribution in [0, 0.1) is 35.0 Å². The molecule has 0 rings (SSSR count). The van der Waals surface area contributed by atoms with E-state index in [1.807, 2.05) is 0 Å². The highest BCUT2D eigenvalue weighted by Crippen LogP contribution is 2.50. The number of hydrogen-bond acceptors (Lipinski definition) is 3. The average molecular weight is 609 g/mol. The molecule has 4 unspecified atom stereocenters. The van der Waals surface area contributed by atoms with Crippen LogP contribution in [0.2, 0.25) is 0 Å². The van der Waals surface area contributed by atoms with Crippen molar-refractivity contribution in [2.45, 2.75) is 197 Å². The number of esters is 1. The van der Waals surface area contributed by atoms with Crippen LogP contribution in [-0.4, -0.2) is 23.7 Å². The molecule has 0 aliphatic carbocycles.